The third-order valence-electron chi connectivity index (χ3n) is 3.42. The Morgan fingerprint density at radius 1 is 1.35 bits per heavy atom. The van der Waals surface area contributed by atoms with Crippen LogP contribution in [0.5, 0.6) is 0 Å². The summed E-state index contributed by atoms with van der Waals surface area (Å²) in [6.45, 7) is 3.53. The van der Waals surface area contributed by atoms with Crippen LogP contribution in [0.2, 0.25) is 0 Å². The van der Waals surface area contributed by atoms with E-state index in [9.17, 15) is 4.79 Å². The minimum atomic E-state index is -0.296. The Kier molecular flexibility index (Phi) is 5.09. The molecule has 1 amide bonds. The van der Waals surface area contributed by atoms with Gasteiger partial charge in [-0.2, -0.15) is 0 Å². The van der Waals surface area contributed by atoms with Gasteiger partial charge in [0.1, 0.15) is 5.82 Å². The maximum absolute atomic E-state index is 12.2. The second-order valence-corrected chi connectivity index (χ2v) is 5.76. The summed E-state index contributed by atoms with van der Waals surface area (Å²) in [5.74, 6) is 0.556. The molecule has 0 spiro atoms. The number of allylic oxidation sites excluding steroid dienone is 1. The standard InChI is InChI=1S/C18H15ClN6O/c1-11(19)8-22-17-16(20)13(10-23-17)14-5-2-6-15(24-14)25-18(26)12-4-3-7-21-9-12/h2-10,23H,1,20H2,(H,24,25,26). The number of H-pyrrole nitrogens is 1. The van der Waals surface area contributed by atoms with E-state index in [0.717, 1.165) is 0 Å². The largest absolute Gasteiger partial charge is 0.395 e. The lowest BCUT2D eigenvalue weighted by Crippen LogP contribution is -2.13. The lowest BCUT2D eigenvalue weighted by atomic mass is 10.2. The van der Waals surface area contributed by atoms with Crippen LogP contribution in [0.4, 0.5) is 17.3 Å². The molecule has 7 nitrogen and oxygen atoms in total. The van der Waals surface area contributed by atoms with E-state index in [1.54, 1.807) is 42.7 Å². The topological polar surface area (TPSA) is 109 Å². The van der Waals surface area contributed by atoms with Gasteiger partial charge in [0, 0.05) is 30.4 Å². The monoisotopic (exact) mass is 366 g/mol. The molecule has 26 heavy (non-hydrogen) atoms. The van der Waals surface area contributed by atoms with Gasteiger partial charge in [-0.3, -0.25) is 9.78 Å². The number of nitrogens with two attached hydrogens (primary N) is 1. The maximum atomic E-state index is 12.2. The van der Waals surface area contributed by atoms with Crippen molar-refractivity contribution in [3.05, 3.63) is 66.1 Å². The molecule has 0 unspecified atom stereocenters. The summed E-state index contributed by atoms with van der Waals surface area (Å²) in [4.78, 5) is 27.7. The Morgan fingerprint density at radius 3 is 2.92 bits per heavy atom. The van der Waals surface area contributed by atoms with Gasteiger partial charge in [-0.25, -0.2) is 9.98 Å². The number of hydrogen-bond donors (Lipinski definition) is 3. The van der Waals surface area contributed by atoms with Crippen LogP contribution in [0.25, 0.3) is 11.3 Å². The number of aromatic nitrogens is 3. The van der Waals surface area contributed by atoms with Gasteiger partial charge < -0.3 is 16.0 Å². The first-order valence-corrected chi connectivity index (χ1v) is 7.96. The summed E-state index contributed by atoms with van der Waals surface area (Å²) in [5.41, 5.74) is 8.23. The molecule has 3 aromatic rings. The highest BCUT2D eigenvalue weighted by atomic mass is 35.5. The summed E-state index contributed by atoms with van der Waals surface area (Å²) in [6.07, 6.45) is 6.17. The van der Waals surface area contributed by atoms with Gasteiger partial charge in [0.15, 0.2) is 5.82 Å². The molecule has 0 aliphatic rings. The van der Waals surface area contributed by atoms with Crippen LogP contribution in [0.15, 0.2) is 65.5 Å². The molecule has 0 bridgehead atoms. The number of amides is 1. The number of aliphatic imine (C=N–C) groups is 1. The number of halogens is 1. The van der Waals surface area contributed by atoms with Gasteiger partial charge in [0.05, 0.1) is 22.0 Å². The molecular weight excluding hydrogens is 352 g/mol. The van der Waals surface area contributed by atoms with Crippen LogP contribution >= 0.6 is 11.6 Å². The van der Waals surface area contributed by atoms with E-state index in [0.29, 0.717) is 39.2 Å². The molecule has 0 aromatic carbocycles. The quantitative estimate of drug-likeness (QED) is 0.597. The molecule has 4 N–H and O–H groups in total. The number of carbonyl (C=O) groups excluding carboxylic acids is 1. The van der Waals surface area contributed by atoms with E-state index in [-0.39, 0.29) is 5.91 Å². The molecule has 0 aliphatic carbocycles. The van der Waals surface area contributed by atoms with Crippen LogP contribution in [0.3, 0.4) is 0 Å². The average Bonchev–Trinajstić information content (AvgIpc) is 3.01. The van der Waals surface area contributed by atoms with E-state index >= 15 is 0 Å². The predicted octanol–water partition coefficient (Wildman–Crippen LogP) is 3.76. The molecule has 0 saturated carbocycles. The minimum Gasteiger partial charge on any atom is -0.395 e. The molecule has 0 saturated heterocycles. The third kappa shape index (κ3) is 3.96. The van der Waals surface area contributed by atoms with Gasteiger partial charge in [-0.05, 0) is 24.3 Å². The molecule has 3 aromatic heterocycles. The lowest BCUT2D eigenvalue weighted by molar-refractivity contribution is 0.102. The summed E-state index contributed by atoms with van der Waals surface area (Å²) in [5, 5.41) is 3.03. The molecule has 0 aliphatic heterocycles. The van der Waals surface area contributed by atoms with Crippen LogP contribution < -0.4 is 11.1 Å². The van der Waals surface area contributed by atoms with Crippen LogP contribution in [-0.4, -0.2) is 27.1 Å². The zero-order valence-electron chi connectivity index (χ0n) is 13.6. The number of carbonyl (C=O) groups is 1. The van der Waals surface area contributed by atoms with E-state index < -0.39 is 0 Å². The number of anilines is 2. The highest BCUT2D eigenvalue weighted by molar-refractivity contribution is 6.39. The summed E-state index contributed by atoms with van der Waals surface area (Å²) in [7, 11) is 0. The highest BCUT2D eigenvalue weighted by Crippen LogP contribution is 2.32. The smallest absolute Gasteiger partial charge is 0.258 e. The van der Waals surface area contributed by atoms with Crippen molar-refractivity contribution in [3.8, 4) is 11.3 Å². The fraction of sp³-hybridized carbons (Fsp3) is 0. The third-order valence-corrected chi connectivity index (χ3v) is 3.52. The molecule has 130 valence electrons. The minimum absolute atomic E-state index is 0.291. The first-order valence-electron chi connectivity index (χ1n) is 7.58. The molecule has 3 heterocycles. The van der Waals surface area contributed by atoms with Crippen molar-refractivity contribution in [2.45, 2.75) is 0 Å². The van der Waals surface area contributed by atoms with Gasteiger partial charge in [0.25, 0.3) is 5.91 Å². The Bertz CT molecular complexity index is 980. The fourth-order valence-corrected chi connectivity index (χ4v) is 2.27. The van der Waals surface area contributed by atoms with Gasteiger partial charge in [0.2, 0.25) is 0 Å². The van der Waals surface area contributed by atoms with Gasteiger partial charge in [-0.1, -0.05) is 24.2 Å². The lowest BCUT2D eigenvalue weighted by Gasteiger charge is -2.06. The van der Waals surface area contributed by atoms with E-state index in [1.165, 1.54) is 12.4 Å². The number of pyridine rings is 2. The number of nitrogens with one attached hydrogen (secondary N) is 2. The first-order chi connectivity index (χ1) is 12.5. The number of nitrogens with zero attached hydrogens (tertiary/aromatic N) is 3. The molecule has 0 fully saturated rings. The molecular formula is C18H15ClN6O. The predicted molar refractivity (Wildman–Crippen MR) is 104 cm³/mol. The van der Waals surface area contributed by atoms with Crippen molar-refractivity contribution >= 4 is 41.0 Å². The van der Waals surface area contributed by atoms with E-state index in [2.05, 4.69) is 31.8 Å². The SMILES string of the molecule is C=C(Cl)C=Nc1[nH]cc(-c2cccc(NC(=O)c3cccnc3)n2)c1N. The number of nitrogen functional groups attached to an aromatic ring is 1. The van der Waals surface area contributed by atoms with Crippen LogP contribution in [-0.2, 0) is 0 Å². The van der Waals surface area contributed by atoms with Crippen molar-refractivity contribution in [1.29, 1.82) is 0 Å². The second-order valence-electron chi connectivity index (χ2n) is 5.27. The molecule has 0 radical (unpaired) electrons. The number of rotatable bonds is 5. The van der Waals surface area contributed by atoms with Crippen molar-refractivity contribution < 1.29 is 4.79 Å². The Morgan fingerprint density at radius 2 is 2.19 bits per heavy atom. The van der Waals surface area contributed by atoms with Gasteiger partial charge in [-0.15, -0.1) is 0 Å². The molecule has 8 heteroatoms. The zero-order chi connectivity index (χ0) is 18.5. The summed E-state index contributed by atoms with van der Waals surface area (Å²) >= 11 is 5.67. The van der Waals surface area contributed by atoms with Crippen LogP contribution in [0.1, 0.15) is 10.4 Å². The number of hydrogen-bond acceptors (Lipinski definition) is 5. The second kappa shape index (κ2) is 7.62. The Hall–Kier alpha value is -3.45. The average molecular weight is 367 g/mol. The van der Waals surface area contributed by atoms with Gasteiger partial charge >= 0.3 is 0 Å². The highest BCUT2D eigenvalue weighted by Gasteiger charge is 2.12. The number of aromatic amines is 1. The van der Waals surface area contributed by atoms with E-state index in [1.807, 2.05) is 0 Å². The first kappa shape index (κ1) is 17.4. The molecule has 3 rings (SSSR count). The normalized spacial score (nSPS) is 10.8. The zero-order valence-corrected chi connectivity index (χ0v) is 14.4. The van der Waals surface area contributed by atoms with Crippen LogP contribution in [0, 0.1) is 0 Å². The summed E-state index contributed by atoms with van der Waals surface area (Å²) < 4.78 is 0. The molecule has 0 atom stereocenters. The van der Waals surface area contributed by atoms with Crippen molar-refractivity contribution in [2.24, 2.45) is 4.99 Å². The van der Waals surface area contributed by atoms with Crippen molar-refractivity contribution in [1.82, 2.24) is 15.0 Å². The maximum Gasteiger partial charge on any atom is 0.258 e. The fourth-order valence-electron chi connectivity index (χ4n) is 2.22. The van der Waals surface area contributed by atoms with E-state index in [4.69, 9.17) is 17.3 Å². The Balaban J connectivity index is 1.84. The van der Waals surface area contributed by atoms with Crippen molar-refractivity contribution in [2.75, 3.05) is 11.1 Å². The summed E-state index contributed by atoms with van der Waals surface area (Å²) in [6, 6.07) is 8.61. The van der Waals surface area contributed by atoms with Crippen molar-refractivity contribution in [3.63, 3.8) is 0 Å². The Labute approximate surface area is 154 Å².